The average Bonchev–Trinajstić information content (AvgIpc) is 2.89. The molecule has 0 aliphatic heterocycles. The fourth-order valence-electron chi connectivity index (χ4n) is 2.27. The summed E-state index contributed by atoms with van der Waals surface area (Å²) in [5, 5.41) is 0. The number of rotatable bonds is 4. The smallest absolute Gasteiger partial charge is 0.356 e. The molecule has 1 aromatic heterocycles. The lowest BCUT2D eigenvalue weighted by atomic mass is 9.88. The van der Waals surface area contributed by atoms with Crippen molar-refractivity contribution in [1.29, 1.82) is 0 Å². The van der Waals surface area contributed by atoms with Crippen LogP contribution in [0.4, 0.5) is 0 Å². The number of carbonyl (C=O) groups excluding carboxylic acids is 1. The molecular formula is C14H18N2O2. The highest BCUT2D eigenvalue weighted by Gasteiger charge is 2.31. The molecule has 0 fully saturated rings. The second kappa shape index (κ2) is 5.21. The van der Waals surface area contributed by atoms with Crippen LogP contribution in [0.3, 0.4) is 0 Å². The molecule has 1 heterocycles. The van der Waals surface area contributed by atoms with Crippen LogP contribution in [0.2, 0.25) is 0 Å². The lowest BCUT2D eigenvalue weighted by Crippen LogP contribution is -2.33. The summed E-state index contributed by atoms with van der Waals surface area (Å²) in [6, 6.07) is 0. The summed E-state index contributed by atoms with van der Waals surface area (Å²) >= 11 is 0. The predicted octanol–water partition coefficient (Wildman–Crippen LogP) is 2.68. The van der Waals surface area contributed by atoms with Crippen molar-refractivity contribution >= 4 is 5.97 Å². The number of nitrogens with zero attached hydrogens (tertiary/aromatic N) is 2. The molecule has 0 amide bonds. The van der Waals surface area contributed by atoms with Crippen molar-refractivity contribution in [3.05, 3.63) is 42.5 Å². The summed E-state index contributed by atoms with van der Waals surface area (Å²) < 4.78 is 6.99. The quantitative estimate of drug-likeness (QED) is 0.767. The normalized spacial score (nSPS) is 22.1. The molecule has 0 saturated heterocycles. The van der Waals surface area contributed by atoms with Gasteiger partial charge < -0.3 is 9.30 Å². The molecule has 1 aliphatic rings. The van der Waals surface area contributed by atoms with Gasteiger partial charge in [0.05, 0.1) is 24.7 Å². The Hall–Kier alpha value is -1.84. The Morgan fingerprint density at radius 2 is 2.33 bits per heavy atom. The van der Waals surface area contributed by atoms with Crippen molar-refractivity contribution in [2.45, 2.75) is 32.2 Å². The molecule has 0 N–H and O–H groups in total. The van der Waals surface area contributed by atoms with Gasteiger partial charge in [-0.05, 0) is 19.8 Å². The minimum atomic E-state index is -0.314. The second-order valence-corrected chi connectivity index (χ2v) is 4.32. The first-order chi connectivity index (χ1) is 8.73. The second-order valence-electron chi connectivity index (χ2n) is 4.32. The van der Waals surface area contributed by atoms with E-state index in [4.69, 9.17) is 4.74 Å². The van der Waals surface area contributed by atoms with Gasteiger partial charge in [0.2, 0.25) is 0 Å². The van der Waals surface area contributed by atoms with E-state index in [0.717, 1.165) is 12.8 Å². The lowest BCUT2D eigenvalue weighted by molar-refractivity contribution is 0.0506. The molecule has 4 heteroatoms. The summed E-state index contributed by atoms with van der Waals surface area (Å²) in [5.74, 6) is -0.314. The summed E-state index contributed by atoms with van der Waals surface area (Å²) in [5.41, 5.74) is 0.312. The van der Waals surface area contributed by atoms with E-state index in [1.165, 1.54) is 0 Å². The number of esters is 1. The number of hydrogen-bond acceptors (Lipinski definition) is 3. The van der Waals surface area contributed by atoms with E-state index in [-0.39, 0.29) is 11.5 Å². The van der Waals surface area contributed by atoms with Crippen LogP contribution in [0.1, 0.15) is 37.2 Å². The van der Waals surface area contributed by atoms with Gasteiger partial charge in [0.15, 0.2) is 0 Å². The third-order valence-corrected chi connectivity index (χ3v) is 3.34. The van der Waals surface area contributed by atoms with E-state index in [9.17, 15) is 4.79 Å². The first-order valence-electron chi connectivity index (χ1n) is 6.28. The van der Waals surface area contributed by atoms with Gasteiger partial charge >= 0.3 is 5.97 Å². The molecule has 4 nitrogen and oxygen atoms in total. The molecule has 2 rings (SSSR count). The van der Waals surface area contributed by atoms with Gasteiger partial charge in [0, 0.05) is 0 Å². The number of imidazole rings is 1. The lowest BCUT2D eigenvalue weighted by Gasteiger charge is -2.32. The minimum Gasteiger partial charge on any atom is -0.461 e. The first kappa shape index (κ1) is 12.6. The molecule has 0 radical (unpaired) electrons. The molecule has 0 bridgehead atoms. The van der Waals surface area contributed by atoms with Crippen LogP contribution in [0.15, 0.2) is 36.8 Å². The van der Waals surface area contributed by atoms with E-state index in [0.29, 0.717) is 12.3 Å². The van der Waals surface area contributed by atoms with Gasteiger partial charge in [-0.1, -0.05) is 31.2 Å². The van der Waals surface area contributed by atoms with E-state index in [2.05, 4.69) is 24.1 Å². The highest BCUT2D eigenvalue weighted by molar-refractivity contribution is 5.87. The van der Waals surface area contributed by atoms with Crippen molar-refractivity contribution in [2.75, 3.05) is 6.61 Å². The Morgan fingerprint density at radius 3 is 2.94 bits per heavy atom. The fraction of sp³-hybridized carbons (Fsp3) is 0.429. The zero-order valence-corrected chi connectivity index (χ0v) is 10.8. The molecule has 0 saturated carbocycles. The fourth-order valence-corrected chi connectivity index (χ4v) is 2.27. The number of aromatic nitrogens is 2. The monoisotopic (exact) mass is 246 g/mol. The number of carbonyl (C=O) groups is 1. The third kappa shape index (κ3) is 2.10. The SMILES string of the molecule is CCOC(=O)c1cncn1C1(CC)C=CC=CC1. The molecule has 0 aromatic carbocycles. The van der Waals surface area contributed by atoms with Crippen LogP contribution >= 0.6 is 0 Å². The maximum Gasteiger partial charge on any atom is 0.356 e. The van der Waals surface area contributed by atoms with Crippen LogP contribution in [0.25, 0.3) is 0 Å². The number of allylic oxidation sites excluding steroid dienone is 4. The number of ether oxygens (including phenoxy) is 1. The molecule has 18 heavy (non-hydrogen) atoms. The topological polar surface area (TPSA) is 44.1 Å². The van der Waals surface area contributed by atoms with Gasteiger partial charge in [-0.15, -0.1) is 0 Å². The van der Waals surface area contributed by atoms with Crippen molar-refractivity contribution in [3.63, 3.8) is 0 Å². The Morgan fingerprint density at radius 1 is 1.50 bits per heavy atom. The summed E-state index contributed by atoms with van der Waals surface area (Å²) in [6.45, 7) is 4.29. The van der Waals surface area contributed by atoms with Crippen LogP contribution < -0.4 is 0 Å². The largest absolute Gasteiger partial charge is 0.461 e. The highest BCUT2D eigenvalue weighted by Crippen LogP contribution is 2.31. The molecule has 1 atom stereocenters. The molecule has 96 valence electrons. The average molecular weight is 246 g/mol. The first-order valence-corrected chi connectivity index (χ1v) is 6.28. The maximum atomic E-state index is 11.9. The Kier molecular flexibility index (Phi) is 3.65. The van der Waals surface area contributed by atoms with Crippen LogP contribution in [-0.4, -0.2) is 22.1 Å². The van der Waals surface area contributed by atoms with Crippen molar-refractivity contribution < 1.29 is 9.53 Å². The third-order valence-electron chi connectivity index (χ3n) is 3.34. The van der Waals surface area contributed by atoms with E-state index in [1.807, 2.05) is 16.7 Å². The molecule has 1 aliphatic carbocycles. The van der Waals surface area contributed by atoms with E-state index >= 15 is 0 Å². The van der Waals surface area contributed by atoms with Gasteiger partial charge in [-0.25, -0.2) is 9.78 Å². The van der Waals surface area contributed by atoms with Crippen LogP contribution in [0.5, 0.6) is 0 Å². The summed E-state index contributed by atoms with van der Waals surface area (Å²) in [7, 11) is 0. The number of hydrogen-bond donors (Lipinski definition) is 0. The maximum absolute atomic E-state index is 11.9. The van der Waals surface area contributed by atoms with Crippen molar-refractivity contribution in [3.8, 4) is 0 Å². The van der Waals surface area contributed by atoms with Gasteiger partial charge in [-0.3, -0.25) is 0 Å². The van der Waals surface area contributed by atoms with Crippen LogP contribution in [-0.2, 0) is 10.3 Å². The zero-order chi connectivity index (χ0) is 13.0. The zero-order valence-electron chi connectivity index (χ0n) is 10.8. The summed E-state index contributed by atoms with van der Waals surface area (Å²) in [6.07, 6.45) is 13.3. The van der Waals surface area contributed by atoms with Gasteiger partial charge in [0.1, 0.15) is 5.69 Å². The van der Waals surface area contributed by atoms with Crippen molar-refractivity contribution in [2.24, 2.45) is 0 Å². The Balaban J connectivity index is 2.38. The molecular weight excluding hydrogens is 228 g/mol. The standard InChI is InChI=1S/C14H18N2O2/c1-3-14(8-6-5-7-9-14)16-11-15-10-12(16)13(17)18-4-2/h5-8,10-11H,3-4,9H2,1-2H3. The minimum absolute atomic E-state index is 0.201. The van der Waals surface area contributed by atoms with Gasteiger partial charge in [0.25, 0.3) is 0 Å². The Labute approximate surface area is 107 Å². The summed E-state index contributed by atoms with van der Waals surface area (Å²) in [4.78, 5) is 16.0. The van der Waals surface area contributed by atoms with Crippen molar-refractivity contribution in [1.82, 2.24) is 9.55 Å². The Bertz CT molecular complexity index is 488. The molecule has 1 aromatic rings. The highest BCUT2D eigenvalue weighted by atomic mass is 16.5. The van der Waals surface area contributed by atoms with E-state index < -0.39 is 0 Å². The van der Waals surface area contributed by atoms with Gasteiger partial charge in [-0.2, -0.15) is 0 Å². The van der Waals surface area contributed by atoms with E-state index in [1.54, 1.807) is 19.4 Å². The predicted molar refractivity (Wildman–Crippen MR) is 69.3 cm³/mol. The molecule has 0 spiro atoms. The van der Waals surface area contributed by atoms with Crippen LogP contribution in [0, 0.1) is 0 Å². The molecule has 1 unspecified atom stereocenters.